The van der Waals surface area contributed by atoms with E-state index in [0.717, 1.165) is 24.7 Å². The molecule has 136 valence electrons. The van der Waals surface area contributed by atoms with Gasteiger partial charge in [-0.05, 0) is 56.8 Å². The molecule has 0 radical (unpaired) electrons. The molecular formula is C21H30N2O2. The monoisotopic (exact) mass is 342 g/mol. The second kappa shape index (κ2) is 6.62. The third-order valence-corrected chi connectivity index (χ3v) is 6.84. The molecule has 4 saturated carbocycles. The van der Waals surface area contributed by atoms with Crippen molar-refractivity contribution in [1.82, 2.24) is 0 Å². The molecule has 1 aliphatic heterocycles. The Labute approximate surface area is 150 Å². The van der Waals surface area contributed by atoms with E-state index in [2.05, 4.69) is 34.0 Å². The summed E-state index contributed by atoms with van der Waals surface area (Å²) in [6.07, 6.45) is 16.5. The van der Waals surface area contributed by atoms with Crippen molar-refractivity contribution in [3.63, 3.8) is 0 Å². The number of rotatable bonds is 2. The van der Waals surface area contributed by atoms with Gasteiger partial charge in [0.25, 0.3) is 0 Å². The average molecular weight is 342 g/mol. The Morgan fingerprint density at radius 2 is 1.48 bits per heavy atom. The lowest BCUT2D eigenvalue weighted by atomic mass is 9.53. The van der Waals surface area contributed by atoms with Crippen LogP contribution in [0.15, 0.2) is 24.5 Å². The lowest BCUT2D eigenvalue weighted by molar-refractivity contribution is -0.776. The van der Waals surface area contributed by atoms with Crippen LogP contribution in [0.3, 0.4) is 0 Å². The predicted octanol–water partition coefficient (Wildman–Crippen LogP) is 2.26. The smallest absolute Gasteiger partial charge is 0.171 e. The number of anilines is 1. The van der Waals surface area contributed by atoms with E-state index >= 15 is 0 Å². The van der Waals surface area contributed by atoms with Crippen molar-refractivity contribution in [2.24, 2.45) is 17.8 Å². The van der Waals surface area contributed by atoms with Gasteiger partial charge in [0.2, 0.25) is 0 Å². The first-order valence-corrected chi connectivity index (χ1v) is 9.98. The zero-order chi connectivity index (χ0) is 17.4. The molecular weight excluding hydrogens is 312 g/mol. The fraction of sp³-hybridized carbons (Fsp3) is 0.714. The van der Waals surface area contributed by atoms with Crippen LogP contribution in [0.2, 0.25) is 0 Å². The molecule has 4 heteroatoms. The summed E-state index contributed by atoms with van der Waals surface area (Å²) in [5.74, 6) is 2.01. The standard InChI is InChI=1S/C19H27N2.C2H4O2/c1-2-6-20(5-1)18-3-7-21(8-4-18)19-12-15-9-16(13-19)11-17(10-15)14-19;1-2(3)4/h3-4,7-8,15-17H,1-2,5-6,9-14H2;1H3,(H,3,4)/q+1;/p-1. The van der Waals surface area contributed by atoms with Crippen molar-refractivity contribution in [3.05, 3.63) is 24.5 Å². The predicted molar refractivity (Wildman–Crippen MR) is 94.9 cm³/mol. The van der Waals surface area contributed by atoms with E-state index in [0.29, 0.717) is 5.54 Å². The number of nitrogens with zero attached hydrogens (tertiary/aromatic N) is 2. The van der Waals surface area contributed by atoms with Gasteiger partial charge in [0.05, 0.1) is 0 Å². The number of aliphatic carboxylic acids is 1. The maximum absolute atomic E-state index is 8.89. The van der Waals surface area contributed by atoms with E-state index in [1.807, 2.05) is 0 Å². The number of carboxylic acids is 1. The van der Waals surface area contributed by atoms with E-state index in [9.17, 15) is 0 Å². The average Bonchev–Trinajstić information content (AvgIpc) is 3.08. The number of carbonyl (C=O) groups excluding carboxylic acids is 1. The third kappa shape index (κ3) is 3.40. The molecule has 1 aromatic rings. The molecule has 0 atom stereocenters. The van der Waals surface area contributed by atoms with E-state index in [1.165, 1.54) is 70.1 Å². The summed E-state index contributed by atoms with van der Waals surface area (Å²) in [4.78, 5) is 11.4. The van der Waals surface area contributed by atoms with Crippen molar-refractivity contribution in [2.75, 3.05) is 18.0 Å². The minimum Gasteiger partial charge on any atom is -0.550 e. The Balaban J connectivity index is 0.000000358. The maximum atomic E-state index is 8.89. The van der Waals surface area contributed by atoms with E-state index in [4.69, 9.17) is 9.90 Å². The van der Waals surface area contributed by atoms with E-state index in [1.54, 1.807) is 0 Å². The second-order valence-electron chi connectivity index (χ2n) is 8.79. The molecule has 0 N–H and O–H groups in total. The summed E-state index contributed by atoms with van der Waals surface area (Å²) in [7, 11) is 0. The van der Waals surface area contributed by atoms with Crippen LogP contribution in [-0.2, 0) is 10.3 Å². The number of carboxylic acid groups (broad SMARTS) is 1. The van der Waals surface area contributed by atoms with Gasteiger partial charge in [0, 0.05) is 56.1 Å². The molecule has 2 heterocycles. The quantitative estimate of drug-likeness (QED) is 0.775. The van der Waals surface area contributed by atoms with Crippen LogP contribution >= 0.6 is 0 Å². The van der Waals surface area contributed by atoms with Gasteiger partial charge in [-0.2, -0.15) is 4.57 Å². The SMILES string of the molecule is CC(=O)[O-].c1c[n+](C23CC4CC(CC(C4)C2)C3)ccc1N1CCCC1. The van der Waals surface area contributed by atoms with Gasteiger partial charge in [-0.25, -0.2) is 0 Å². The number of hydrogen-bond donors (Lipinski definition) is 0. The molecule has 1 saturated heterocycles. The number of carbonyl (C=O) groups is 1. The van der Waals surface area contributed by atoms with Crippen molar-refractivity contribution < 1.29 is 14.5 Å². The van der Waals surface area contributed by atoms with Crippen molar-refractivity contribution in [2.45, 2.75) is 63.8 Å². The minimum atomic E-state index is -1.08. The zero-order valence-electron chi connectivity index (χ0n) is 15.3. The normalized spacial score (nSPS) is 35.4. The lowest BCUT2D eigenvalue weighted by Crippen LogP contribution is -2.64. The largest absolute Gasteiger partial charge is 0.550 e. The molecule has 1 aromatic heterocycles. The first kappa shape index (κ1) is 16.9. The maximum Gasteiger partial charge on any atom is 0.171 e. The molecule has 4 bridgehead atoms. The molecule has 0 spiro atoms. The first-order chi connectivity index (χ1) is 12.0. The highest BCUT2D eigenvalue weighted by Gasteiger charge is 2.56. The Bertz CT molecular complexity index is 580. The van der Waals surface area contributed by atoms with Gasteiger partial charge in [-0.3, -0.25) is 0 Å². The number of hydrogen-bond acceptors (Lipinski definition) is 3. The van der Waals surface area contributed by atoms with Crippen molar-refractivity contribution in [1.29, 1.82) is 0 Å². The van der Waals surface area contributed by atoms with Crippen molar-refractivity contribution >= 4 is 11.7 Å². The van der Waals surface area contributed by atoms with Crippen LogP contribution < -0.4 is 14.6 Å². The van der Waals surface area contributed by atoms with Gasteiger partial charge in [-0.1, -0.05) is 0 Å². The Morgan fingerprint density at radius 1 is 1.04 bits per heavy atom. The summed E-state index contributed by atoms with van der Waals surface area (Å²) >= 11 is 0. The van der Waals surface area contributed by atoms with Gasteiger partial charge < -0.3 is 14.8 Å². The third-order valence-electron chi connectivity index (χ3n) is 6.84. The summed E-state index contributed by atoms with van der Waals surface area (Å²) in [5.41, 5.74) is 1.92. The van der Waals surface area contributed by atoms with Crippen molar-refractivity contribution in [3.8, 4) is 0 Å². The Kier molecular flexibility index (Phi) is 4.47. The number of aromatic nitrogens is 1. The Hall–Kier alpha value is -1.58. The highest BCUT2D eigenvalue weighted by molar-refractivity contribution is 5.60. The summed E-state index contributed by atoms with van der Waals surface area (Å²) < 4.78 is 2.61. The molecule has 4 aliphatic carbocycles. The second-order valence-corrected chi connectivity index (χ2v) is 8.79. The van der Waals surface area contributed by atoms with Crippen LogP contribution in [0.4, 0.5) is 5.69 Å². The van der Waals surface area contributed by atoms with Crippen LogP contribution in [0.5, 0.6) is 0 Å². The molecule has 0 unspecified atom stereocenters. The zero-order valence-corrected chi connectivity index (χ0v) is 15.3. The van der Waals surface area contributed by atoms with Crippen LogP contribution in [0, 0.1) is 17.8 Å². The van der Waals surface area contributed by atoms with Gasteiger partial charge >= 0.3 is 0 Å². The van der Waals surface area contributed by atoms with Crippen LogP contribution in [0.25, 0.3) is 0 Å². The van der Waals surface area contributed by atoms with E-state index < -0.39 is 5.97 Å². The lowest BCUT2D eigenvalue weighted by Gasteiger charge is -2.53. The molecule has 0 amide bonds. The fourth-order valence-corrected chi connectivity index (χ4v) is 6.30. The van der Waals surface area contributed by atoms with Crippen LogP contribution in [0.1, 0.15) is 58.3 Å². The summed E-state index contributed by atoms with van der Waals surface area (Å²) in [6.45, 7) is 3.47. The summed E-state index contributed by atoms with van der Waals surface area (Å²) in [6, 6.07) is 4.76. The van der Waals surface area contributed by atoms with Gasteiger partial charge in [0.15, 0.2) is 17.9 Å². The molecule has 6 rings (SSSR count). The van der Waals surface area contributed by atoms with Gasteiger partial charge in [0.1, 0.15) is 0 Å². The molecule has 5 aliphatic rings. The fourth-order valence-electron chi connectivity index (χ4n) is 6.30. The van der Waals surface area contributed by atoms with Crippen LogP contribution in [-0.4, -0.2) is 19.1 Å². The van der Waals surface area contributed by atoms with E-state index in [-0.39, 0.29) is 0 Å². The van der Waals surface area contributed by atoms with Gasteiger partial charge in [-0.15, -0.1) is 0 Å². The Morgan fingerprint density at radius 3 is 1.92 bits per heavy atom. The molecule has 4 nitrogen and oxygen atoms in total. The number of pyridine rings is 1. The highest BCUT2D eigenvalue weighted by atomic mass is 16.4. The molecule has 0 aromatic carbocycles. The molecule has 25 heavy (non-hydrogen) atoms. The first-order valence-electron chi connectivity index (χ1n) is 9.98. The minimum absolute atomic E-state index is 0.484. The topological polar surface area (TPSA) is 47.2 Å². The molecule has 5 fully saturated rings. The summed E-state index contributed by atoms with van der Waals surface area (Å²) in [5, 5.41) is 8.89. The highest BCUT2D eigenvalue weighted by Crippen LogP contribution is 2.56.